The fourth-order valence-corrected chi connectivity index (χ4v) is 8.91. The van der Waals surface area contributed by atoms with Crippen LogP contribution in [0.4, 0.5) is 9.59 Å². The Kier molecular flexibility index (Phi) is 7.93. The second kappa shape index (κ2) is 11.0. The number of likely N-dealkylation sites (tertiary alicyclic amines) is 1. The van der Waals surface area contributed by atoms with Crippen LogP contribution in [0.3, 0.4) is 0 Å². The van der Waals surface area contributed by atoms with Gasteiger partial charge in [0.1, 0.15) is 0 Å². The summed E-state index contributed by atoms with van der Waals surface area (Å²) in [7, 11) is 0.922. The Morgan fingerprint density at radius 1 is 1.12 bits per heavy atom. The topological polar surface area (TPSA) is 106 Å². The molecule has 2 aliphatic rings. The minimum absolute atomic E-state index is 0.0357. The van der Waals surface area contributed by atoms with E-state index in [4.69, 9.17) is 14.0 Å². The molecule has 1 aromatic heterocycles. The number of benzene rings is 2. The van der Waals surface area contributed by atoms with Crippen LogP contribution in [0.25, 0.3) is 22.0 Å². The number of imidazole rings is 1. The quantitative estimate of drug-likeness (QED) is 0.0844. The Morgan fingerprint density at radius 3 is 2.48 bits per heavy atom. The van der Waals surface area contributed by atoms with Crippen molar-refractivity contribution in [3.8, 4) is 11.3 Å². The molecular formula is C29H38BIN4O5. The van der Waals surface area contributed by atoms with Crippen molar-refractivity contribution in [1.82, 2.24) is 18.4 Å². The molecule has 2 amide bonds. The molecule has 2 fully saturated rings. The van der Waals surface area contributed by atoms with Crippen LogP contribution in [0.15, 0.2) is 42.6 Å². The molecule has 214 valence electrons. The number of nitrogens with zero attached hydrogens (tertiary/aromatic N) is 2. The minimum atomic E-state index is -2.51. The summed E-state index contributed by atoms with van der Waals surface area (Å²) in [5.41, 5.74) is 2.15. The van der Waals surface area contributed by atoms with Gasteiger partial charge in [0.15, 0.2) is 0 Å². The Hall–Kier alpha value is -2.64. The van der Waals surface area contributed by atoms with Crippen molar-refractivity contribution in [2.24, 2.45) is 0 Å². The van der Waals surface area contributed by atoms with Gasteiger partial charge < -0.3 is 9.31 Å². The number of nitrogens with one attached hydrogen (secondary N) is 2. The van der Waals surface area contributed by atoms with Gasteiger partial charge in [-0.15, -0.1) is 0 Å². The zero-order valence-electron chi connectivity index (χ0n) is 24.2. The van der Waals surface area contributed by atoms with E-state index in [2.05, 4.69) is 77.6 Å². The number of hydrogen-bond acceptors (Lipinski definition) is 6. The number of alkyl halides is 1. The number of rotatable bonds is 6. The predicted octanol–water partition coefficient (Wildman–Crippen LogP) is 5.97. The molecule has 0 spiro atoms. The number of ether oxygens (including phenoxy) is 1. The van der Waals surface area contributed by atoms with E-state index in [0.29, 0.717) is 6.54 Å². The predicted molar refractivity (Wildman–Crippen MR) is 166 cm³/mol. The normalized spacial score (nSPS) is 20.3. The second-order valence-corrected chi connectivity index (χ2v) is 17.3. The molecule has 0 unspecified atom stereocenters. The van der Waals surface area contributed by atoms with Gasteiger partial charge in [-0.1, -0.05) is 0 Å². The van der Waals surface area contributed by atoms with Crippen molar-refractivity contribution in [3.05, 3.63) is 48.4 Å². The van der Waals surface area contributed by atoms with Crippen LogP contribution in [-0.2, 0) is 14.0 Å². The number of methoxy groups -OCH3 is 1. The molecule has 1 atom stereocenters. The molecule has 0 aliphatic carbocycles. The van der Waals surface area contributed by atoms with E-state index in [9.17, 15) is 9.59 Å². The molecule has 11 heteroatoms. The molecule has 0 radical (unpaired) electrons. The Balaban J connectivity index is 1.34. The first kappa shape index (κ1) is 28.9. The number of carbonyl (C=O) groups is 2. The monoisotopic (exact) mass is 660 g/mol. The van der Waals surface area contributed by atoms with E-state index < -0.39 is 33.3 Å². The number of aromatic nitrogens is 2. The van der Waals surface area contributed by atoms with Gasteiger partial charge in [-0.05, 0) is 27.7 Å². The molecule has 9 nitrogen and oxygen atoms in total. The average molecular weight is 660 g/mol. The molecule has 5 rings (SSSR count). The van der Waals surface area contributed by atoms with Crippen molar-refractivity contribution < 1.29 is 23.6 Å². The van der Waals surface area contributed by atoms with Gasteiger partial charge in [-0.3, -0.25) is 0 Å². The summed E-state index contributed by atoms with van der Waals surface area (Å²) in [6, 6.07) is 12.5. The van der Waals surface area contributed by atoms with Crippen LogP contribution >= 0.6 is 20.1 Å². The number of H-pyrrole nitrogens is 1. The first-order valence-corrected chi connectivity index (χ1v) is 17.1. The fraction of sp³-hybridized carbons (Fsp3) is 0.483. The van der Waals surface area contributed by atoms with Crippen LogP contribution in [0.2, 0.25) is 0 Å². The van der Waals surface area contributed by atoms with Crippen LogP contribution < -0.4 is 8.99 Å². The van der Waals surface area contributed by atoms with Crippen LogP contribution in [0.1, 0.15) is 66.3 Å². The molecule has 3 heterocycles. The van der Waals surface area contributed by atoms with Crippen molar-refractivity contribution in [1.29, 1.82) is 0 Å². The maximum absolute atomic E-state index is 13.5. The number of fused-ring (bicyclic) bond motifs is 1. The molecule has 0 saturated carbocycles. The van der Waals surface area contributed by atoms with E-state index >= 15 is 0 Å². The molecule has 3 aromatic rings. The molecule has 2 saturated heterocycles. The average Bonchev–Trinajstić information content (AvgIpc) is 3.63. The molecular weight excluding hydrogens is 622 g/mol. The fourth-order valence-electron chi connectivity index (χ4n) is 5.05. The van der Waals surface area contributed by atoms with E-state index in [1.54, 1.807) is 0 Å². The number of carbonyl (C=O) groups excluding carboxylic acids is 2. The number of halogens is 1. The summed E-state index contributed by atoms with van der Waals surface area (Å²) in [4.78, 5) is 35.4. The first-order chi connectivity index (χ1) is 18.9. The Bertz CT molecular complexity index is 1410. The summed E-state index contributed by atoms with van der Waals surface area (Å²) in [5.74, 6) is 0.773. The van der Waals surface area contributed by atoms with Crippen LogP contribution in [0, 0.1) is 0 Å². The third kappa shape index (κ3) is 5.47. The maximum atomic E-state index is 13.5. The Morgan fingerprint density at radius 2 is 1.80 bits per heavy atom. The molecule has 2 N–H and O–H groups in total. The molecule has 0 bridgehead atoms. The van der Waals surface area contributed by atoms with Gasteiger partial charge in [-0.2, -0.15) is 0 Å². The molecule has 40 heavy (non-hydrogen) atoms. The zero-order valence-corrected chi connectivity index (χ0v) is 26.4. The third-order valence-corrected chi connectivity index (χ3v) is 13.2. The Labute approximate surface area is 243 Å². The summed E-state index contributed by atoms with van der Waals surface area (Å²) in [6.07, 6.45) is 3.02. The SMILES string of the molecule is COC(=O)NI(C(=O)N1CCC[C@H]1c1ncc(-c2ccc3cc(B4OC(C)(C)C(C)(C)O4)ccc3c2)[nH]1)C(C)C. The van der Waals surface area contributed by atoms with Crippen LogP contribution in [0.5, 0.6) is 0 Å². The van der Waals surface area contributed by atoms with Gasteiger partial charge in [0, 0.05) is 0 Å². The van der Waals surface area contributed by atoms with Gasteiger partial charge in [0.2, 0.25) is 0 Å². The van der Waals surface area contributed by atoms with Gasteiger partial charge in [0.25, 0.3) is 0 Å². The van der Waals surface area contributed by atoms with Crippen molar-refractivity contribution in [2.75, 3.05) is 13.7 Å². The molecule has 2 aliphatic heterocycles. The summed E-state index contributed by atoms with van der Waals surface area (Å²) in [5, 5.41) is 2.21. The van der Waals surface area contributed by atoms with E-state index in [-0.39, 0.29) is 25.1 Å². The van der Waals surface area contributed by atoms with E-state index in [0.717, 1.165) is 46.2 Å². The molecule has 2 aromatic carbocycles. The van der Waals surface area contributed by atoms with Crippen molar-refractivity contribution >= 4 is 53.5 Å². The summed E-state index contributed by atoms with van der Waals surface area (Å²) in [6.45, 7) is 12.9. The summed E-state index contributed by atoms with van der Waals surface area (Å²) >= 11 is -2.51. The van der Waals surface area contributed by atoms with Gasteiger partial charge in [0.05, 0.1) is 11.2 Å². The number of hydrogen-bond donors (Lipinski definition) is 2. The van der Waals surface area contributed by atoms with Crippen molar-refractivity contribution in [2.45, 2.75) is 75.6 Å². The second-order valence-electron chi connectivity index (χ2n) is 11.6. The standard InChI is InChI=1S/C29H38BIN4O5/c1-18(2)31(34-27(37)38-7)26(36)35-14-8-9-24(35)25-32-17-23(33-25)21-11-10-20-16-22(13-12-19(20)15-21)30-39-28(3,4)29(5,6)40-30/h10-13,15-18,24H,8-9,14H2,1-7H3,(H,32,33)(H,34,37)/t24-/m0/s1. The van der Waals surface area contributed by atoms with Gasteiger partial charge in [-0.25, -0.2) is 0 Å². The van der Waals surface area contributed by atoms with E-state index in [1.807, 2.05) is 24.9 Å². The zero-order chi connectivity index (χ0) is 28.8. The van der Waals surface area contributed by atoms with Gasteiger partial charge >= 0.3 is 196 Å². The summed E-state index contributed by atoms with van der Waals surface area (Å²) < 4.78 is 20.2. The first-order valence-electron chi connectivity index (χ1n) is 13.7. The number of amides is 2. The third-order valence-electron chi connectivity index (χ3n) is 8.07. The number of aromatic amines is 1. The van der Waals surface area contributed by atoms with Crippen molar-refractivity contribution in [3.63, 3.8) is 0 Å². The van der Waals surface area contributed by atoms with Crippen LogP contribution in [-0.4, -0.2) is 60.8 Å². The van der Waals surface area contributed by atoms with E-state index in [1.165, 1.54) is 7.11 Å².